The predicted molar refractivity (Wildman–Crippen MR) is 112 cm³/mol. The van der Waals surface area contributed by atoms with Crippen molar-refractivity contribution in [1.82, 2.24) is 5.43 Å². The molecule has 0 aromatic heterocycles. The van der Waals surface area contributed by atoms with E-state index >= 15 is 0 Å². The van der Waals surface area contributed by atoms with Crippen LogP contribution in [0.5, 0.6) is 17.2 Å². The normalized spacial score (nSPS) is 10.8. The van der Waals surface area contributed by atoms with E-state index in [1.54, 1.807) is 42.5 Å². The van der Waals surface area contributed by atoms with E-state index in [0.717, 1.165) is 11.6 Å². The molecule has 0 heterocycles. The fourth-order valence-corrected chi connectivity index (χ4v) is 2.88. The van der Waals surface area contributed by atoms with Gasteiger partial charge >= 0.3 is 0 Å². The van der Waals surface area contributed by atoms with Crippen molar-refractivity contribution in [3.05, 3.63) is 87.4 Å². The van der Waals surface area contributed by atoms with Gasteiger partial charge in [0.15, 0.2) is 0 Å². The number of halogens is 2. The average molecular weight is 431 g/mol. The van der Waals surface area contributed by atoms with Crippen LogP contribution in [0.15, 0.2) is 65.8 Å². The Morgan fingerprint density at radius 1 is 1.07 bits per heavy atom. The smallest absolute Gasteiger partial charge is 0.275 e. The summed E-state index contributed by atoms with van der Waals surface area (Å²) in [4.78, 5) is 12.0. The molecule has 0 radical (unpaired) electrons. The summed E-state index contributed by atoms with van der Waals surface area (Å²) in [6.07, 6.45) is 1.43. The van der Waals surface area contributed by atoms with Crippen LogP contribution in [-0.4, -0.2) is 22.3 Å². The van der Waals surface area contributed by atoms with E-state index in [4.69, 9.17) is 27.9 Å². The molecular formula is C21H16Cl2N2O4. The number of nitrogens with one attached hydrogen (secondary N) is 1. The molecule has 0 aliphatic carbocycles. The second kappa shape index (κ2) is 9.32. The number of carbonyl (C=O) groups excluding carboxylic acids is 1. The fourth-order valence-electron chi connectivity index (χ4n) is 2.42. The van der Waals surface area contributed by atoms with E-state index in [1.165, 1.54) is 18.3 Å². The molecule has 0 aliphatic rings. The number of benzene rings is 3. The van der Waals surface area contributed by atoms with E-state index in [9.17, 15) is 15.0 Å². The molecule has 148 valence electrons. The number of hydrogen-bond acceptors (Lipinski definition) is 5. The van der Waals surface area contributed by atoms with Gasteiger partial charge in [0.05, 0.1) is 11.8 Å². The molecule has 29 heavy (non-hydrogen) atoms. The maximum Gasteiger partial charge on any atom is 0.275 e. The minimum atomic E-state index is -0.653. The Balaban J connectivity index is 1.62. The summed E-state index contributed by atoms with van der Waals surface area (Å²) >= 11 is 12.0. The lowest BCUT2D eigenvalue weighted by Gasteiger charge is -2.08. The number of rotatable bonds is 6. The first-order valence-electron chi connectivity index (χ1n) is 8.44. The molecule has 3 N–H and O–H groups in total. The molecule has 0 spiro atoms. The number of hydrazone groups is 1. The van der Waals surface area contributed by atoms with Gasteiger partial charge in [-0.25, -0.2) is 5.43 Å². The summed E-state index contributed by atoms with van der Waals surface area (Å²) in [5, 5.41) is 24.1. The van der Waals surface area contributed by atoms with Crippen LogP contribution in [0.3, 0.4) is 0 Å². The summed E-state index contributed by atoms with van der Waals surface area (Å²) < 4.78 is 5.74. The zero-order valence-corrected chi connectivity index (χ0v) is 16.5. The van der Waals surface area contributed by atoms with Gasteiger partial charge in [-0.3, -0.25) is 4.79 Å². The Hall–Kier alpha value is -3.22. The van der Waals surface area contributed by atoms with Gasteiger partial charge in [-0.05, 0) is 48.0 Å². The number of phenolic OH excluding ortho intramolecular Hbond substituents is 2. The number of ether oxygens (including phenoxy) is 1. The van der Waals surface area contributed by atoms with Crippen molar-refractivity contribution in [3.63, 3.8) is 0 Å². The minimum Gasteiger partial charge on any atom is -0.508 e. The Bertz CT molecular complexity index is 1070. The lowest BCUT2D eigenvalue weighted by atomic mass is 10.2. The first kappa shape index (κ1) is 20.5. The highest BCUT2D eigenvalue weighted by atomic mass is 35.5. The third kappa shape index (κ3) is 5.63. The number of hydrogen-bond donors (Lipinski definition) is 3. The van der Waals surface area contributed by atoms with Crippen LogP contribution in [-0.2, 0) is 6.61 Å². The van der Waals surface area contributed by atoms with Crippen molar-refractivity contribution >= 4 is 35.3 Å². The van der Waals surface area contributed by atoms with Gasteiger partial charge < -0.3 is 14.9 Å². The lowest BCUT2D eigenvalue weighted by molar-refractivity contribution is 0.0952. The van der Waals surface area contributed by atoms with E-state index < -0.39 is 5.91 Å². The van der Waals surface area contributed by atoms with Crippen LogP contribution in [0, 0.1) is 0 Å². The molecule has 0 saturated carbocycles. The van der Waals surface area contributed by atoms with Gasteiger partial charge in [-0.2, -0.15) is 5.10 Å². The summed E-state index contributed by atoms with van der Waals surface area (Å²) in [7, 11) is 0. The number of amides is 1. The van der Waals surface area contributed by atoms with Crippen LogP contribution in [0.1, 0.15) is 21.5 Å². The van der Waals surface area contributed by atoms with Gasteiger partial charge in [0.25, 0.3) is 5.91 Å². The molecule has 3 rings (SSSR count). The maximum absolute atomic E-state index is 12.0. The highest BCUT2D eigenvalue weighted by Gasteiger charge is 2.11. The molecule has 3 aromatic rings. The second-order valence-electron chi connectivity index (χ2n) is 6.00. The topological polar surface area (TPSA) is 91.2 Å². The molecule has 0 unspecified atom stereocenters. The highest BCUT2D eigenvalue weighted by molar-refractivity contribution is 6.35. The SMILES string of the molecule is O=C(N/N=C\c1cccc(OCc2ccc(Cl)cc2Cl)c1)c1cc(O)ccc1O. The van der Waals surface area contributed by atoms with Gasteiger partial charge in [0, 0.05) is 15.6 Å². The van der Waals surface area contributed by atoms with Gasteiger partial charge in [-0.15, -0.1) is 0 Å². The van der Waals surface area contributed by atoms with E-state index in [0.29, 0.717) is 21.4 Å². The Labute approximate surface area is 177 Å². The fraction of sp³-hybridized carbons (Fsp3) is 0.0476. The predicted octanol–water partition coefficient (Wildman–Crippen LogP) is 4.75. The van der Waals surface area contributed by atoms with Crippen LogP contribution in [0.4, 0.5) is 0 Å². The Morgan fingerprint density at radius 3 is 2.69 bits per heavy atom. The second-order valence-corrected chi connectivity index (χ2v) is 6.84. The van der Waals surface area contributed by atoms with Crippen molar-refractivity contribution in [1.29, 1.82) is 0 Å². The Morgan fingerprint density at radius 2 is 1.90 bits per heavy atom. The molecule has 6 nitrogen and oxygen atoms in total. The van der Waals surface area contributed by atoms with Crippen molar-refractivity contribution in [2.45, 2.75) is 6.61 Å². The number of carbonyl (C=O) groups is 1. The highest BCUT2D eigenvalue weighted by Crippen LogP contribution is 2.23. The zero-order chi connectivity index (χ0) is 20.8. The molecule has 1 amide bonds. The quantitative estimate of drug-likeness (QED) is 0.299. The molecule has 3 aromatic carbocycles. The largest absolute Gasteiger partial charge is 0.508 e. The van der Waals surface area contributed by atoms with E-state index in [1.807, 2.05) is 0 Å². The van der Waals surface area contributed by atoms with Crippen LogP contribution in [0.25, 0.3) is 0 Å². The van der Waals surface area contributed by atoms with Gasteiger partial charge in [-0.1, -0.05) is 41.4 Å². The van der Waals surface area contributed by atoms with Crippen LogP contribution < -0.4 is 10.2 Å². The summed E-state index contributed by atoms with van der Waals surface area (Å²) in [6.45, 7) is 0.268. The lowest BCUT2D eigenvalue weighted by Crippen LogP contribution is -2.17. The van der Waals surface area contributed by atoms with Crippen molar-refractivity contribution in [2.24, 2.45) is 5.10 Å². The molecule has 0 atom stereocenters. The van der Waals surface area contributed by atoms with Crippen LogP contribution in [0.2, 0.25) is 10.0 Å². The third-order valence-electron chi connectivity index (χ3n) is 3.87. The minimum absolute atomic E-state index is 0.0842. The molecule has 0 saturated heterocycles. The molecule has 0 fully saturated rings. The first-order chi connectivity index (χ1) is 13.9. The van der Waals surface area contributed by atoms with Crippen LogP contribution >= 0.6 is 23.2 Å². The summed E-state index contributed by atoms with van der Waals surface area (Å²) in [6, 6.07) is 15.9. The van der Waals surface area contributed by atoms with E-state index in [2.05, 4.69) is 10.5 Å². The van der Waals surface area contributed by atoms with E-state index in [-0.39, 0.29) is 23.7 Å². The van der Waals surface area contributed by atoms with Crippen molar-refractivity contribution in [3.8, 4) is 17.2 Å². The zero-order valence-electron chi connectivity index (χ0n) is 15.0. The molecule has 0 aliphatic heterocycles. The third-order valence-corrected chi connectivity index (χ3v) is 4.46. The molecule has 8 heteroatoms. The average Bonchev–Trinajstić information content (AvgIpc) is 2.69. The number of nitrogens with zero attached hydrogens (tertiary/aromatic N) is 1. The summed E-state index contributed by atoms with van der Waals surface area (Å²) in [5.41, 5.74) is 3.69. The van der Waals surface area contributed by atoms with Gasteiger partial charge in [0.1, 0.15) is 23.9 Å². The number of aromatic hydroxyl groups is 2. The van der Waals surface area contributed by atoms with Crippen molar-refractivity contribution < 1.29 is 19.7 Å². The molecule has 0 bridgehead atoms. The standard InChI is InChI=1S/C21H16Cl2N2O4/c22-15-5-4-14(19(23)9-15)12-29-17-3-1-2-13(8-17)11-24-25-21(28)18-10-16(26)6-7-20(18)27/h1-11,26-27H,12H2,(H,25,28)/b24-11-. The Kier molecular flexibility index (Phi) is 6.59. The number of phenols is 2. The molecular weight excluding hydrogens is 415 g/mol. The van der Waals surface area contributed by atoms with Gasteiger partial charge in [0.2, 0.25) is 0 Å². The summed E-state index contributed by atoms with van der Waals surface area (Å²) in [5.74, 6) is -0.453. The monoisotopic (exact) mass is 430 g/mol. The maximum atomic E-state index is 12.0. The van der Waals surface area contributed by atoms with Crippen molar-refractivity contribution in [2.75, 3.05) is 0 Å². The first-order valence-corrected chi connectivity index (χ1v) is 9.20.